The van der Waals surface area contributed by atoms with Gasteiger partial charge in [-0.2, -0.15) is 4.31 Å². The van der Waals surface area contributed by atoms with Gasteiger partial charge in [0.05, 0.1) is 12.8 Å². The van der Waals surface area contributed by atoms with Crippen LogP contribution in [0.4, 0.5) is 0 Å². The van der Waals surface area contributed by atoms with Crippen molar-refractivity contribution in [3.05, 3.63) is 41.7 Å². The van der Waals surface area contributed by atoms with Gasteiger partial charge in [-0.25, -0.2) is 13.1 Å². The highest BCUT2D eigenvalue weighted by Gasteiger charge is 2.17. The van der Waals surface area contributed by atoms with Crippen LogP contribution in [0.1, 0.15) is 11.4 Å². The average molecular weight is 295 g/mol. The van der Waals surface area contributed by atoms with Gasteiger partial charge >= 0.3 is 0 Å². The SMILES string of the molecule is Cc1nnnn1CCN(Cc1ccccc1)S(C)(=O)=O. The Morgan fingerprint density at radius 1 is 1.25 bits per heavy atom. The number of aryl methyl sites for hydroxylation is 1. The van der Waals surface area contributed by atoms with Gasteiger partial charge in [-0.1, -0.05) is 30.3 Å². The number of rotatable bonds is 6. The third-order valence-corrected chi connectivity index (χ3v) is 4.19. The van der Waals surface area contributed by atoms with Crippen molar-refractivity contribution in [2.45, 2.75) is 20.0 Å². The fourth-order valence-electron chi connectivity index (χ4n) is 1.81. The van der Waals surface area contributed by atoms with Crippen LogP contribution in [0.5, 0.6) is 0 Å². The van der Waals surface area contributed by atoms with Gasteiger partial charge in [0.25, 0.3) is 0 Å². The molecule has 0 spiro atoms. The maximum absolute atomic E-state index is 11.8. The second kappa shape index (κ2) is 6.10. The Morgan fingerprint density at radius 2 is 1.95 bits per heavy atom. The molecule has 20 heavy (non-hydrogen) atoms. The van der Waals surface area contributed by atoms with E-state index in [0.29, 0.717) is 25.5 Å². The molecular formula is C12H17N5O2S. The lowest BCUT2D eigenvalue weighted by molar-refractivity contribution is 0.376. The van der Waals surface area contributed by atoms with Crippen molar-refractivity contribution in [3.63, 3.8) is 0 Å². The normalized spacial score (nSPS) is 11.9. The van der Waals surface area contributed by atoms with E-state index in [4.69, 9.17) is 0 Å². The summed E-state index contributed by atoms with van der Waals surface area (Å²) in [5, 5.41) is 11.1. The molecule has 0 amide bonds. The van der Waals surface area contributed by atoms with E-state index in [-0.39, 0.29) is 0 Å². The van der Waals surface area contributed by atoms with Crippen molar-refractivity contribution in [3.8, 4) is 0 Å². The smallest absolute Gasteiger partial charge is 0.211 e. The fraction of sp³-hybridized carbons (Fsp3) is 0.417. The summed E-state index contributed by atoms with van der Waals surface area (Å²) in [5.41, 5.74) is 0.950. The zero-order valence-electron chi connectivity index (χ0n) is 11.5. The first kappa shape index (κ1) is 14.6. The lowest BCUT2D eigenvalue weighted by Crippen LogP contribution is -2.33. The number of hydrogen-bond acceptors (Lipinski definition) is 5. The number of sulfonamides is 1. The molecule has 0 unspecified atom stereocenters. The van der Waals surface area contributed by atoms with Crippen molar-refractivity contribution < 1.29 is 8.42 Å². The van der Waals surface area contributed by atoms with E-state index in [1.165, 1.54) is 10.6 Å². The average Bonchev–Trinajstić information content (AvgIpc) is 2.80. The Balaban J connectivity index is 2.07. The highest BCUT2D eigenvalue weighted by Crippen LogP contribution is 2.08. The maximum atomic E-state index is 11.8. The predicted octanol–water partition coefficient (Wildman–Crippen LogP) is 0.443. The summed E-state index contributed by atoms with van der Waals surface area (Å²) in [6.07, 6.45) is 1.21. The van der Waals surface area contributed by atoms with Gasteiger partial charge in [0.15, 0.2) is 0 Å². The highest BCUT2D eigenvalue weighted by molar-refractivity contribution is 7.88. The van der Waals surface area contributed by atoms with Crippen molar-refractivity contribution in [2.75, 3.05) is 12.8 Å². The summed E-state index contributed by atoms with van der Waals surface area (Å²) in [5.74, 6) is 0.665. The zero-order valence-corrected chi connectivity index (χ0v) is 12.3. The van der Waals surface area contributed by atoms with Crippen LogP contribution in [0.15, 0.2) is 30.3 Å². The molecule has 7 nitrogen and oxygen atoms in total. The minimum atomic E-state index is -3.28. The molecule has 108 valence electrons. The molecule has 8 heteroatoms. The van der Waals surface area contributed by atoms with Crippen molar-refractivity contribution in [1.29, 1.82) is 0 Å². The lowest BCUT2D eigenvalue weighted by Gasteiger charge is -2.20. The van der Waals surface area contributed by atoms with Gasteiger partial charge in [0, 0.05) is 13.1 Å². The summed E-state index contributed by atoms with van der Waals surface area (Å²) in [7, 11) is -3.28. The van der Waals surface area contributed by atoms with E-state index >= 15 is 0 Å². The van der Waals surface area contributed by atoms with E-state index in [2.05, 4.69) is 15.5 Å². The monoisotopic (exact) mass is 295 g/mol. The lowest BCUT2D eigenvalue weighted by atomic mass is 10.2. The molecule has 0 saturated heterocycles. The van der Waals surface area contributed by atoms with E-state index in [0.717, 1.165) is 5.56 Å². The third kappa shape index (κ3) is 3.84. The Morgan fingerprint density at radius 3 is 2.50 bits per heavy atom. The minimum absolute atomic E-state index is 0.333. The van der Waals surface area contributed by atoms with Crippen molar-refractivity contribution in [1.82, 2.24) is 24.5 Å². The Bertz CT molecular complexity index is 653. The van der Waals surface area contributed by atoms with Crippen LogP contribution in [0.2, 0.25) is 0 Å². The van der Waals surface area contributed by atoms with Crippen LogP contribution in [0.25, 0.3) is 0 Å². The number of nitrogens with zero attached hydrogens (tertiary/aromatic N) is 5. The zero-order chi connectivity index (χ0) is 14.6. The van der Waals surface area contributed by atoms with E-state index in [9.17, 15) is 8.42 Å². The van der Waals surface area contributed by atoms with Crippen LogP contribution in [-0.2, 0) is 23.1 Å². The van der Waals surface area contributed by atoms with E-state index < -0.39 is 10.0 Å². The molecule has 0 fully saturated rings. The van der Waals surface area contributed by atoms with Crippen LogP contribution < -0.4 is 0 Å². The van der Waals surface area contributed by atoms with Gasteiger partial charge in [0.2, 0.25) is 10.0 Å². The Kier molecular flexibility index (Phi) is 4.46. The first-order chi connectivity index (χ1) is 9.47. The number of hydrogen-bond donors (Lipinski definition) is 0. The predicted molar refractivity (Wildman–Crippen MR) is 74.2 cm³/mol. The molecule has 0 aliphatic carbocycles. The molecule has 0 aliphatic rings. The van der Waals surface area contributed by atoms with Crippen LogP contribution >= 0.6 is 0 Å². The summed E-state index contributed by atoms with van der Waals surface area (Å²) in [6, 6.07) is 9.49. The van der Waals surface area contributed by atoms with Gasteiger partial charge in [-0.05, 0) is 22.9 Å². The molecule has 0 saturated carbocycles. The molecular weight excluding hydrogens is 278 g/mol. The molecule has 1 aromatic heterocycles. The van der Waals surface area contributed by atoms with Crippen molar-refractivity contribution in [2.24, 2.45) is 0 Å². The topological polar surface area (TPSA) is 81.0 Å². The van der Waals surface area contributed by atoms with Gasteiger partial charge in [0.1, 0.15) is 5.82 Å². The third-order valence-electron chi connectivity index (χ3n) is 2.94. The maximum Gasteiger partial charge on any atom is 0.211 e. The summed E-state index contributed by atoms with van der Waals surface area (Å²) >= 11 is 0. The molecule has 0 radical (unpaired) electrons. The van der Waals surface area contributed by atoms with Gasteiger partial charge in [-0.15, -0.1) is 5.10 Å². The quantitative estimate of drug-likeness (QED) is 0.772. The Labute approximate surface area is 118 Å². The molecule has 1 heterocycles. The number of aromatic nitrogens is 4. The standard InChI is InChI=1S/C12H17N5O2S/c1-11-13-14-15-17(11)9-8-16(20(2,18)19)10-12-6-4-3-5-7-12/h3-7H,8-10H2,1-2H3. The molecule has 0 N–H and O–H groups in total. The van der Waals surface area contributed by atoms with Crippen LogP contribution in [-0.4, -0.2) is 45.7 Å². The summed E-state index contributed by atoms with van der Waals surface area (Å²) in [4.78, 5) is 0. The molecule has 2 rings (SSSR count). The fourth-order valence-corrected chi connectivity index (χ4v) is 2.61. The first-order valence-corrected chi connectivity index (χ1v) is 8.03. The molecule has 0 aliphatic heterocycles. The van der Waals surface area contributed by atoms with E-state index in [1.807, 2.05) is 30.3 Å². The summed E-state index contributed by atoms with van der Waals surface area (Å²) in [6.45, 7) is 2.89. The summed E-state index contributed by atoms with van der Waals surface area (Å²) < 4.78 is 26.7. The molecule has 0 atom stereocenters. The largest absolute Gasteiger partial charge is 0.229 e. The van der Waals surface area contributed by atoms with Crippen molar-refractivity contribution >= 4 is 10.0 Å². The van der Waals surface area contributed by atoms with Gasteiger partial charge in [-0.3, -0.25) is 0 Å². The van der Waals surface area contributed by atoms with Crippen LogP contribution in [0.3, 0.4) is 0 Å². The highest BCUT2D eigenvalue weighted by atomic mass is 32.2. The van der Waals surface area contributed by atoms with Crippen LogP contribution in [0, 0.1) is 6.92 Å². The second-order valence-corrected chi connectivity index (χ2v) is 6.51. The molecule has 0 bridgehead atoms. The van der Waals surface area contributed by atoms with E-state index in [1.54, 1.807) is 11.6 Å². The first-order valence-electron chi connectivity index (χ1n) is 6.18. The minimum Gasteiger partial charge on any atom is -0.229 e. The second-order valence-electron chi connectivity index (χ2n) is 4.53. The molecule has 2 aromatic rings. The Hall–Kier alpha value is -1.80. The molecule has 1 aromatic carbocycles. The number of benzene rings is 1. The number of tetrazole rings is 1. The van der Waals surface area contributed by atoms with Gasteiger partial charge < -0.3 is 0 Å².